The van der Waals surface area contributed by atoms with Gasteiger partial charge in [0.15, 0.2) is 0 Å². The maximum absolute atomic E-state index is 11.3. The molecule has 4 heteroatoms. The van der Waals surface area contributed by atoms with Crippen LogP contribution in [0.2, 0.25) is 0 Å². The molecule has 1 aliphatic carbocycles. The zero-order valence-electron chi connectivity index (χ0n) is 12.8. The van der Waals surface area contributed by atoms with Gasteiger partial charge in [-0.2, -0.15) is 0 Å². The molecule has 0 spiro atoms. The first kappa shape index (κ1) is 15.8. The van der Waals surface area contributed by atoms with Crippen molar-refractivity contribution in [2.24, 2.45) is 5.92 Å². The standard InChI is InChI=1S/C16H30N2O2/c1-2-4-13-5-3-10-18(11-8-13)12-9-15(16(19)20)17-14-6-7-14/h13-15,17H,2-12H2,1H3,(H,19,20). The Balaban J connectivity index is 1.70. The van der Waals surface area contributed by atoms with E-state index in [4.69, 9.17) is 0 Å². The molecule has 20 heavy (non-hydrogen) atoms. The fourth-order valence-corrected chi connectivity index (χ4v) is 3.27. The van der Waals surface area contributed by atoms with Crippen molar-refractivity contribution in [3.63, 3.8) is 0 Å². The molecule has 0 aromatic carbocycles. The summed E-state index contributed by atoms with van der Waals surface area (Å²) in [4.78, 5) is 13.7. The summed E-state index contributed by atoms with van der Waals surface area (Å²) >= 11 is 0. The average Bonchev–Trinajstić information content (AvgIpc) is 3.22. The molecule has 0 bridgehead atoms. The topological polar surface area (TPSA) is 52.6 Å². The minimum absolute atomic E-state index is 0.350. The van der Waals surface area contributed by atoms with Gasteiger partial charge < -0.3 is 15.3 Å². The number of rotatable bonds is 8. The van der Waals surface area contributed by atoms with E-state index in [0.29, 0.717) is 6.04 Å². The molecule has 1 heterocycles. The second-order valence-corrected chi connectivity index (χ2v) is 6.55. The van der Waals surface area contributed by atoms with Crippen LogP contribution in [0.5, 0.6) is 0 Å². The van der Waals surface area contributed by atoms with E-state index in [1.165, 1.54) is 32.1 Å². The lowest BCUT2D eigenvalue weighted by atomic mass is 9.96. The quantitative estimate of drug-likeness (QED) is 0.718. The fraction of sp³-hybridized carbons (Fsp3) is 0.938. The summed E-state index contributed by atoms with van der Waals surface area (Å²) in [5.41, 5.74) is 0. The first-order chi connectivity index (χ1) is 9.69. The van der Waals surface area contributed by atoms with Gasteiger partial charge in [0.2, 0.25) is 0 Å². The predicted octanol–water partition coefficient (Wildman–Crippen LogP) is 2.48. The van der Waals surface area contributed by atoms with E-state index in [1.54, 1.807) is 0 Å². The second-order valence-electron chi connectivity index (χ2n) is 6.55. The van der Waals surface area contributed by atoms with Gasteiger partial charge >= 0.3 is 5.97 Å². The minimum Gasteiger partial charge on any atom is -0.480 e. The Morgan fingerprint density at radius 3 is 2.75 bits per heavy atom. The van der Waals surface area contributed by atoms with Gasteiger partial charge in [-0.05, 0) is 57.5 Å². The highest BCUT2D eigenvalue weighted by atomic mass is 16.4. The molecule has 2 unspecified atom stereocenters. The van der Waals surface area contributed by atoms with E-state index in [1.807, 2.05) is 0 Å². The van der Waals surface area contributed by atoms with Crippen LogP contribution in [0.25, 0.3) is 0 Å². The Kier molecular flexibility index (Phi) is 6.30. The summed E-state index contributed by atoms with van der Waals surface area (Å²) < 4.78 is 0. The summed E-state index contributed by atoms with van der Waals surface area (Å²) in [5.74, 6) is 0.209. The van der Waals surface area contributed by atoms with Crippen LogP contribution in [0.4, 0.5) is 0 Å². The smallest absolute Gasteiger partial charge is 0.320 e. The van der Waals surface area contributed by atoms with Crippen molar-refractivity contribution in [3.8, 4) is 0 Å². The molecule has 116 valence electrons. The molecule has 0 amide bonds. The van der Waals surface area contributed by atoms with Gasteiger partial charge in [0.1, 0.15) is 6.04 Å². The molecule has 2 rings (SSSR count). The molecule has 0 aromatic heterocycles. The lowest BCUT2D eigenvalue weighted by Gasteiger charge is -2.22. The monoisotopic (exact) mass is 282 g/mol. The van der Waals surface area contributed by atoms with Crippen LogP contribution < -0.4 is 5.32 Å². The van der Waals surface area contributed by atoms with Crippen molar-refractivity contribution in [2.75, 3.05) is 19.6 Å². The number of aliphatic carboxylic acids is 1. The molecule has 1 saturated heterocycles. The maximum Gasteiger partial charge on any atom is 0.320 e. The Morgan fingerprint density at radius 1 is 1.30 bits per heavy atom. The number of nitrogens with one attached hydrogen (secondary N) is 1. The number of hydrogen-bond acceptors (Lipinski definition) is 3. The normalized spacial score (nSPS) is 26.1. The number of nitrogens with zero attached hydrogens (tertiary/aromatic N) is 1. The van der Waals surface area contributed by atoms with E-state index < -0.39 is 5.97 Å². The van der Waals surface area contributed by atoms with Gasteiger partial charge in [-0.25, -0.2) is 0 Å². The third-order valence-corrected chi connectivity index (χ3v) is 4.68. The van der Waals surface area contributed by atoms with Crippen LogP contribution in [0.1, 0.15) is 58.3 Å². The van der Waals surface area contributed by atoms with E-state index in [9.17, 15) is 9.90 Å². The van der Waals surface area contributed by atoms with Crippen LogP contribution in [0, 0.1) is 5.92 Å². The fourth-order valence-electron chi connectivity index (χ4n) is 3.27. The van der Waals surface area contributed by atoms with Crippen molar-refractivity contribution >= 4 is 5.97 Å². The first-order valence-electron chi connectivity index (χ1n) is 8.40. The van der Waals surface area contributed by atoms with Crippen LogP contribution in [-0.4, -0.2) is 47.7 Å². The third kappa shape index (κ3) is 5.41. The van der Waals surface area contributed by atoms with Crippen molar-refractivity contribution in [1.29, 1.82) is 0 Å². The Bertz CT molecular complexity index is 305. The van der Waals surface area contributed by atoms with E-state index in [2.05, 4.69) is 17.1 Å². The maximum atomic E-state index is 11.3. The summed E-state index contributed by atoms with van der Waals surface area (Å²) in [6.07, 6.45) is 9.60. The van der Waals surface area contributed by atoms with Crippen LogP contribution in [0.15, 0.2) is 0 Å². The van der Waals surface area contributed by atoms with Gasteiger partial charge in [-0.1, -0.05) is 19.8 Å². The SMILES string of the molecule is CCCC1CCCN(CCC(NC2CC2)C(=O)O)CC1. The van der Waals surface area contributed by atoms with Crippen molar-refractivity contribution in [3.05, 3.63) is 0 Å². The number of carbonyl (C=O) groups is 1. The van der Waals surface area contributed by atoms with E-state index >= 15 is 0 Å². The predicted molar refractivity (Wildman–Crippen MR) is 80.9 cm³/mol. The van der Waals surface area contributed by atoms with Gasteiger partial charge in [0, 0.05) is 12.6 Å². The second kappa shape index (κ2) is 7.99. The van der Waals surface area contributed by atoms with Gasteiger partial charge in [0.25, 0.3) is 0 Å². The average molecular weight is 282 g/mol. The summed E-state index contributed by atoms with van der Waals surface area (Å²) in [6, 6.07) is 0.117. The highest BCUT2D eigenvalue weighted by Gasteiger charge is 2.28. The highest BCUT2D eigenvalue weighted by molar-refractivity contribution is 5.73. The molecular formula is C16H30N2O2. The van der Waals surface area contributed by atoms with Crippen LogP contribution in [0.3, 0.4) is 0 Å². The zero-order valence-corrected chi connectivity index (χ0v) is 12.8. The summed E-state index contributed by atoms with van der Waals surface area (Å²) in [6.45, 7) is 5.50. The Labute approximate surface area is 122 Å². The molecule has 2 fully saturated rings. The molecule has 2 atom stereocenters. The van der Waals surface area contributed by atoms with E-state index in [-0.39, 0.29) is 6.04 Å². The van der Waals surface area contributed by atoms with Crippen LogP contribution >= 0.6 is 0 Å². The van der Waals surface area contributed by atoms with Crippen molar-refractivity contribution in [2.45, 2.75) is 70.4 Å². The largest absolute Gasteiger partial charge is 0.480 e. The number of carboxylic acid groups (broad SMARTS) is 1. The van der Waals surface area contributed by atoms with Crippen molar-refractivity contribution in [1.82, 2.24) is 10.2 Å². The van der Waals surface area contributed by atoms with E-state index in [0.717, 1.165) is 44.8 Å². The van der Waals surface area contributed by atoms with Crippen LogP contribution in [-0.2, 0) is 4.79 Å². The number of likely N-dealkylation sites (tertiary alicyclic amines) is 1. The first-order valence-corrected chi connectivity index (χ1v) is 8.40. The number of carboxylic acids is 1. The molecule has 4 nitrogen and oxygen atoms in total. The molecule has 0 radical (unpaired) electrons. The minimum atomic E-state index is -0.685. The summed E-state index contributed by atoms with van der Waals surface area (Å²) in [5, 5.41) is 12.5. The molecule has 2 aliphatic rings. The molecule has 1 aliphatic heterocycles. The van der Waals surface area contributed by atoms with Crippen molar-refractivity contribution < 1.29 is 9.90 Å². The lowest BCUT2D eigenvalue weighted by Crippen LogP contribution is -2.41. The molecule has 2 N–H and O–H groups in total. The molecule has 1 saturated carbocycles. The van der Waals surface area contributed by atoms with Gasteiger partial charge in [-0.15, -0.1) is 0 Å². The Morgan fingerprint density at radius 2 is 2.10 bits per heavy atom. The third-order valence-electron chi connectivity index (χ3n) is 4.68. The molecule has 0 aromatic rings. The zero-order chi connectivity index (χ0) is 14.4. The molecular weight excluding hydrogens is 252 g/mol. The Hall–Kier alpha value is -0.610. The van der Waals surface area contributed by atoms with Gasteiger partial charge in [-0.3, -0.25) is 4.79 Å². The number of hydrogen-bond donors (Lipinski definition) is 2. The highest BCUT2D eigenvalue weighted by Crippen LogP contribution is 2.23. The lowest BCUT2D eigenvalue weighted by molar-refractivity contribution is -0.139. The summed E-state index contributed by atoms with van der Waals surface area (Å²) in [7, 11) is 0. The van der Waals surface area contributed by atoms with Gasteiger partial charge in [0.05, 0.1) is 0 Å².